The van der Waals surface area contributed by atoms with Gasteiger partial charge in [0.05, 0.1) is 9.90 Å². The van der Waals surface area contributed by atoms with Crippen molar-refractivity contribution in [3.05, 3.63) is 26.4 Å². The lowest BCUT2D eigenvalue weighted by Crippen LogP contribution is -2.23. The summed E-state index contributed by atoms with van der Waals surface area (Å²) < 4.78 is 2.35. The molecule has 72 valence electrons. The number of nitrogens with zero attached hydrogens (tertiary/aromatic N) is 2. The van der Waals surface area contributed by atoms with E-state index in [1.807, 2.05) is 22.6 Å². The van der Waals surface area contributed by atoms with E-state index in [9.17, 15) is 4.79 Å². The predicted octanol–water partition coefficient (Wildman–Crippen LogP) is 1.89. The molecule has 0 N–H and O–H groups in total. The van der Waals surface area contributed by atoms with Crippen molar-refractivity contribution in [2.24, 2.45) is 5.92 Å². The largest absolute Gasteiger partial charge is 0.298 e. The molecule has 0 aliphatic carbocycles. The topological polar surface area (TPSA) is 34.9 Å². The van der Waals surface area contributed by atoms with Gasteiger partial charge in [0.1, 0.15) is 0 Å². The minimum Gasteiger partial charge on any atom is -0.298 e. The monoisotopic (exact) mass is 292 g/mol. The molecule has 3 nitrogen and oxygen atoms in total. The van der Waals surface area contributed by atoms with Crippen molar-refractivity contribution in [3.63, 3.8) is 0 Å². The van der Waals surface area contributed by atoms with Gasteiger partial charge < -0.3 is 0 Å². The summed E-state index contributed by atoms with van der Waals surface area (Å²) in [5.74, 6) is 0.616. The van der Waals surface area contributed by atoms with Crippen LogP contribution in [-0.4, -0.2) is 9.55 Å². The summed E-state index contributed by atoms with van der Waals surface area (Å²) in [7, 11) is 0. The van der Waals surface area contributed by atoms with E-state index in [-0.39, 0.29) is 5.56 Å². The fraction of sp³-hybridized carbons (Fsp3) is 0.556. The lowest BCUT2D eigenvalue weighted by molar-refractivity contribution is 0.502. The van der Waals surface area contributed by atoms with E-state index in [2.05, 4.69) is 18.8 Å². The molecule has 1 aromatic rings. The van der Waals surface area contributed by atoms with E-state index >= 15 is 0 Å². The Hall–Kier alpha value is -0.390. The van der Waals surface area contributed by atoms with Crippen LogP contribution in [0.3, 0.4) is 0 Å². The van der Waals surface area contributed by atoms with Crippen LogP contribution >= 0.6 is 22.6 Å². The highest BCUT2D eigenvalue weighted by Gasteiger charge is 2.01. The first-order valence-electron chi connectivity index (χ1n) is 4.31. The second-order valence-corrected chi connectivity index (χ2v) is 4.58. The number of aromatic nitrogens is 2. The molecular formula is C9H13IN2O. The van der Waals surface area contributed by atoms with Gasteiger partial charge in [-0.1, -0.05) is 13.8 Å². The lowest BCUT2D eigenvalue weighted by Gasteiger charge is -2.06. The molecule has 1 heterocycles. The summed E-state index contributed by atoms with van der Waals surface area (Å²) in [5.41, 5.74) is 0.0660. The maximum absolute atomic E-state index is 11.5. The quantitative estimate of drug-likeness (QED) is 0.797. The normalized spacial score (nSPS) is 10.8. The van der Waals surface area contributed by atoms with Crippen molar-refractivity contribution < 1.29 is 0 Å². The minimum atomic E-state index is 0.0660. The van der Waals surface area contributed by atoms with Crippen LogP contribution in [0, 0.1) is 9.49 Å². The van der Waals surface area contributed by atoms with Gasteiger partial charge in [-0.25, -0.2) is 4.98 Å². The van der Waals surface area contributed by atoms with Crippen LogP contribution in [0.2, 0.25) is 0 Å². The summed E-state index contributed by atoms with van der Waals surface area (Å²) in [6, 6.07) is 0. The van der Waals surface area contributed by atoms with E-state index in [0.29, 0.717) is 9.49 Å². The Bertz CT molecular complexity index is 333. The number of aryl methyl sites for hydroxylation is 1. The molecule has 0 aromatic carbocycles. The molecule has 0 atom stereocenters. The number of rotatable bonds is 3. The van der Waals surface area contributed by atoms with Gasteiger partial charge in [-0.05, 0) is 34.9 Å². The van der Waals surface area contributed by atoms with Crippen molar-refractivity contribution in [2.75, 3.05) is 0 Å². The average molecular weight is 292 g/mol. The number of hydrogen-bond donors (Lipinski definition) is 0. The molecule has 0 aliphatic rings. The van der Waals surface area contributed by atoms with Gasteiger partial charge in [-0.3, -0.25) is 9.36 Å². The maximum Gasteiger partial charge on any atom is 0.266 e. The first kappa shape index (κ1) is 10.7. The SMILES string of the molecule is CC(C)CCn1cncc(I)c1=O. The fourth-order valence-electron chi connectivity index (χ4n) is 0.981. The highest BCUT2D eigenvalue weighted by atomic mass is 127. The number of hydrogen-bond acceptors (Lipinski definition) is 2. The Balaban J connectivity index is 2.78. The zero-order valence-corrected chi connectivity index (χ0v) is 9.98. The van der Waals surface area contributed by atoms with Crippen LogP contribution in [0.25, 0.3) is 0 Å². The van der Waals surface area contributed by atoms with Crippen molar-refractivity contribution in [1.29, 1.82) is 0 Å². The molecule has 0 saturated carbocycles. The van der Waals surface area contributed by atoms with Crippen LogP contribution in [-0.2, 0) is 6.54 Å². The van der Waals surface area contributed by atoms with Crippen LogP contribution < -0.4 is 5.56 Å². The molecule has 0 radical (unpaired) electrons. The van der Waals surface area contributed by atoms with E-state index < -0.39 is 0 Å². The molecule has 13 heavy (non-hydrogen) atoms. The highest BCUT2D eigenvalue weighted by Crippen LogP contribution is 2.01. The Morgan fingerprint density at radius 1 is 1.62 bits per heavy atom. The standard InChI is InChI=1S/C9H13IN2O/c1-7(2)3-4-12-6-11-5-8(10)9(12)13/h5-7H,3-4H2,1-2H3. The van der Waals surface area contributed by atoms with Crippen molar-refractivity contribution in [2.45, 2.75) is 26.8 Å². The van der Waals surface area contributed by atoms with E-state index in [1.54, 1.807) is 17.1 Å². The highest BCUT2D eigenvalue weighted by molar-refractivity contribution is 14.1. The van der Waals surface area contributed by atoms with Gasteiger partial charge in [0, 0.05) is 12.7 Å². The second kappa shape index (κ2) is 4.74. The summed E-state index contributed by atoms with van der Waals surface area (Å²) in [5, 5.41) is 0. The Labute approximate surface area is 91.3 Å². The minimum absolute atomic E-state index is 0.0660. The molecule has 0 amide bonds. The molecule has 0 fully saturated rings. The summed E-state index contributed by atoms with van der Waals surface area (Å²) >= 11 is 2.01. The summed E-state index contributed by atoms with van der Waals surface area (Å²) in [6.45, 7) is 5.05. The predicted molar refractivity (Wildman–Crippen MR) is 60.7 cm³/mol. The Morgan fingerprint density at radius 2 is 2.31 bits per heavy atom. The van der Waals surface area contributed by atoms with Crippen LogP contribution in [0.1, 0.15) is 20.3 Å². The summed E-state index contributed by atoms with van der Waals surface area (Å²) in [6.07, 6.45) is 4.21. The lowest BCUT2D eigenvalue weighted by atomic mass is 10.1. The molecule has 0 unspecified atom stereocenters. The number of halogens is 1. The first-order chi connectivity index (χ1) is 6.11. The van der Waals surface area contributed by atoms with Gasteiger partial charge >= 0.3 is 0 Å². The van der Waals surface area contributed by atoms with Crippen molar-refractivity contribution in [3.8, 4) is 0 Å². The Kier molecular flexibility index (Phi) is 3.90. The van der Waals surface area contributed by atoms with E-state index in [4.69, 9.17) is 0 Å². The van der Waals surface area contributed by atoms with Crippen LogP contribution in [0.5, 0.6) is 0 Å². The maximum atomic E-state index is 11.5. The third-order valence-corrected chi connectivity index (χ3v) is 2.55. The van der Waals surface area contributed by atoms with Crippen molar-refractivity contribution >= 4 is 22.6 Å². The van der Waals surface area contributed by atoms with Gasteiger partial charge in [-0.2, -0.15) is 0 Å². The molecule has 0 bridgehead atoms. The average Bonchev–Trinajstić information content (AvgIpc) is 2.07. The smallest absolute Gasteiger partial charge is 0.266 e. The Morgan fingerprint density at radius 3 is 2.92 bits per heavy atom. The van der Waals surface area contributed by atoms with E-state index in [1.165, 1.54) is 0 Å². The molecule has 0 aliphatic heterocycles. The van der Waals surface area contributed by atoms with Gasteiger partial charge in [0.15, 0.2) is 0 Å². The van der Waals surface area contributed by atoms with Crippen LogP contribution in [0.15, 0.2) is 17.3 Å². The third-order valence-electron chi connectivity index (χ3n) is 1.81. The second-order valence-electron chi connectivity index (χ2n) is 3.42. The third kappa shape index (κ3) is 3.10. The fourth-order valence-corrected chi connectivity index (χ4v) is 1.45. The molecule has 0 spiro atoms. The van der Waals surface area contributed by atoms with Gasteiger partial charge in [-0.15, -0.1) is 0 Å². The zero-order chi connectivity index (χ0) is 9.84. The first-order valence-corrected chi connectivity index (χ1v) is 5.39. The molecule has 1 aromatic heterocycles. The molecule has 4 heteroatoms. The summed E-state index contributed by atoms with van der Waals surface area (Å²) in [4.78, 5) is 15.5. The molecule has 0 saturated heterocycles. The van der Waals surface area contributed by atoms with E-state index in [0.717, 1.165) is 13.0 Å². The molecular weight excluding hydrogens is 279 g/mol. The van der Waals surface area contributed by atoms with Gasteiger partial charge in [0.25, 0.3) is 5.56 Å². The van der Waals surface area contributed by atoms with Crippen LogP contribution in [0.4, 0.5) is 0 Å². The zero-order valence-electron chi connectivity index (χ0n) is 7.83. The van der Waals surface area contributed by atoms with Crippen molar-refractivity contribution in [1.82, 2.24) is 9.55 Å². The molecule has 1 rings (SSSR count). The van der Waals surface area contributed by atoms with Gasteiger partial charge in [0.2, 0.25) is 0 Å².